The van der Waals surface area contributed by atoms with Gasteiger partial charge in [-0.25, -0.2) is 4.68 Å². The number of methoxy groups -OCH3 is 1. The fourth-order valence-electron chi connectivity index (χ4n) is 2.44. The second-order valence-corrected chi connectivity index (χ2v) is 5.76. The molecule has 118 valence electrons. The van der Waals surface area contributed by atoms with Crippen molar-refractivity contribution < 1.29 is 4.74 Å². The van der Waals surface area contributed by atoms with Crippen LogP contribution in [0.2, 0.25) is 0 Å². The van der Waals surface area contributed by atoms with Gasteiger partial charge in [0, 0.05) is 11.3 Å². The van der Waals surface area contributed by atoms with Gasteiger partial charge in [-0.1, -0.05) is 43.3 Å². The van der Waals surface area contributed by atoms with Gasteiger partial charge in [0.05, 0.1) is 13.3 Å². The first-order chi connectivity index (χ1) is 11.1. The quantitative estimate of drug-likeness (QED) is 0.747. The lowest BCUT2D eigenvalue weighted by Gasteiger charge is -2.08. The molecule has 0 unspecified atom stereocenters. The molecule has 2 aromatic carbocycles. The van der Waals surface area contributed by atoms with Crippen LogP contribution in [0, 0.1) is 0 Å². The Morgan fingerprint density at radius 1 is 1.09 bits per heavy atom. The minimum Gasteiger partial charge on any atom is -0.494 e. The van der Waals surface area contributed by atoms with Crippen molar-refractivity contribution >= 4 is 5.69 Å². The Morgan fingerprint density at radius 3 is 2.48 bits per heavy atom. The molecule has 3 rings (SSSR count). The van der Waals surface area contributed by atoms with Crippen LogP contribution in [-0.2, 0) is 0 Å². The zero-order chi connectivity index (χ0) is 16.4. The van der Waals surface area contributed by atoms with E-state index in [1.54, 1.807) is 17.9 Å². The van der Waals surface area contributed by atoms with Gasteiger partial charge in [-0.2, -0.15) is 0 Å². The minimum absolute atomic E-state index is 0.510. The van der Waals surface area contributed by atoms with E-state index in [0.29, 0.717) is 17.4 Å². The number of hydrogen-bond acceptors (Lipinski definition) is 4. The van der Waals surface area contributed by atoms with Gasteiger partial charge in [0.1, 0.15) is 17.1 Å². The van der Waals surface area contributed by atoms with Crippen molar-refractivity contribution in [3.63, 3.8) is 0 Å². The summed E-state index contributed by atoms with van der Waals surface area (Å²) in [6.07, 6.45) is 1.88. The van der Waals surface area contributed by atoms with Crippen molar-refractivity contribution in [3.05, 3.63) is 54.2 Å². The molecule has 0 amide bonds. The van der Waals surface area contributed by atoms with Crippen LogP contribution in [-0.4, -0.2) is 22.1 Å². The van der Waals surface area contributed by atoms with Crippen LogP contribution in [0.3, 0.4) is 0 Å². The van der Waals surface area contributed by atoms with E-state index in [9.17, 15) is 0 Å². The Hall–Kier alpha value is -2.82. The van der Waals surface area contributed by atoms with Crippen LogP contribution in [0.4, 0.5) is 5.69 Å². The second kappa shape index (κ2) is 6.12. The maximum atomic E-state index is 5.87. The Balaban J connectivity index is 1.96. The molecule has 1 aromatic heterocycles. The summed E-state index contributed by atoms with van der Waals surface area (Å²) >= 11 is 0. The second-order valence-electron chi connectivity index (χ2n) is 5.76. The van der Waals surface area contributed by atoms with E-state index < -0.39 is 0 Å². The molecule has 5 nitrogen and oxygen atoms in total. The molecule has 23 heavy (non-hydrogen) atoms. The SMILES string of the molecule is COc1ccc(N)cc1-n1cc(-c2ccc(C(C)C)cc2)nn1. The molecule has 1 heterocycles. The largest absolute Gasteiger partial charge is 0.494 e. The first-order valence-corrected chi connectivity index (χ1v) is 7.55. The molecule has 0 aliphatic rings. The number of nitrogen functional groups attached to an aromatic ring is 1. The molecular formula is C18H20N4O. The summed E-state index contributed by atoms with van der Waals surface area (Å²) in [5, 5.41) is 8.46. The molecule has 0 saturated heterocycles. The normalized spacial score (nSPS) is 11.0. The van der Waals surface area contributed by atoms with Crippen molar-refractivity contribution in [3.8, 4) is 22.7 Å². The maximum Gasteiger partial charge on any atom is 0.144 e. The van der Waals surface area contributed by atoms with E-state index in [2.05, 4.69) is 48.4 Å². The molecule has 0 spiro atoms. The number of ether oxygens (including phenoxy) is 1. The van der Waals surface area contributed by atoms with Gasteiger partial charge in [-0.3, -0.25) is 0 Å². The van der Waals surface area contributed by atoms with Crippen LogP contribution in [0.5, 0.6) is 5.75 Å². The van der Waals surface area contributed by atoms with Gasteiger partial charge < -0.3 is 10.5 Å². The molecule has 0 aliphatic heterocycles. The van der Waals surface area contributed by atoms with E-state index >= 15 is 0 Å². The number of hydrogen-bond donors (Lipinski definition) is 1. The topological polar surface area (TPSA) is 66.0 Å². The molecule has 2 N–H and O–H groups in total. The van der Waals surface area contributed by atoms with E-state index in [-0.39, 0.29) is 0 Å². The zero-order valence-corrected chi connectivity index (χ0v) is 13.5. The van der Waals surface area contributed by atoms with Gasteiger partial charge >= 0.3 is 0 Å². The van der Waals surface area contributed by atoms with Crippen LogP contribution in [0.25, 0.3) is 16.9 Å². The van der Waals surface area contributed by atoms with E-state index in [1.165, 1.54) is 5.56 Å². The standard InChI is InChI=1S/C18H20N4O/c1-12(2)13-4-6-14(7-5-13)16-11-22(21-20-16)17-10-15(19)8-9-18(17)23-3/h4-12H,19H2,1-3H3. The summed E-state index contributed by atoms with van der Waals surface area (Å²) in [4.78, 5) is 0. The molecule has 3 aromatic rings. The number of nitrogens with two attached hydrogens (primary N) is 1. The molecule has 0 atom stereocenters. The summed E-state index contributed by atoms with van der Waals surface area (Å²) in [5.74, 6) is 1.21. The third-order valence-corrected chi connectivity index (χ3v) is 3.82. The fraction of sp³-hybridized carbons (Fsp3) is 0.222. The Kier molecular flexibility index (Phi) is 4.02. The van der Waals surface area contributed by atoms with Gasteiger partial charge in [0.25, 0.3) is 0 Å². The highest BCUT2D eigenvalue weighted by Gasteiger charge is 2.10. The van der Waals surface area contributed by atoms with Crippen molar-refractivity contribution in [1.29, 1.82) is 0 Å². The summed E-state index contributed by atoms with van der Waals surface area (Å²) in [7, 11) is 1.62. The summed E-state index contributed by atoms with van der Waals surface area (Å²) in [6, 6.07) is 13.8. The molecular weight excluding hydrogens is 288 g/mol. The summed E-state index contributed by atoms with van der Waals surface area (Å²) in [6.45, 7) is 4.36. The lowest BCUT2D eigenvalue weighted by Crippen LogP contribution is -2.00. The minimum atomic E-state index is 0.510. The lowest BCUT2D eigenvalue weighted by atomic mass is 10.0. The lowest BCUT2D eigenvalue weighted by molar-refractivity contribution is 0.411. The van der Waals surface area contributed by atoms with Crippen LogP contribution >= 0.6 is 0 Å². The van der Waals surface area contributed by atoms with E-state index in [0.717, 1.165) is 16.9 Å². The van der Waals surface area contributed by atoms with E-state index in [1.807, 2.05) is 18.3 Å². The highest BCUT2D eigenvalue weighted by atomic mass is 16.5. The van der Waals surface area contributed by atoms with Crippen LogP contribution < -0.4 is 10.5 Å². The number of aromatic nitrogens is 3. The third-order valence-electron chi connectivity index (χ3n) is 3.82. The Morgan fingerprint density at radius 2 is 1.83 bits per heavy atom. The number of benzene rings is 2. The van der Waals surface area contributed by atoms with Crippen molar-refractivity contribution in [2.24, 2.45) is 0 Å². The zero-order valence-electron chi connectivity index (χ0n) is 13.5. The van der Waals surface area contributed by atoms with E-state index in [4.69, 9.17) is 10.5 Å². The molecule has 0 bridgehead atoms. The predicted molar refractivity (Wildman–Crippen MR) is 91.8 cm³/mol. The van der Waals surface area contributed by atoms with Crippen molar-refractivity contribution in [2.75, 3.05) is 12.8 Å². The average Bonchev–Trinajstić information content (AvgIpc) is 3.04. The van der Waals surface area contributed by atoms with Gasteiger partial charge in [0.2, 0.25) is 0 Å². The smallest absolute Gasteiger partial charge is 0.144 e. The Bertz CT molecular complexity index is 806. The molecule has 0 aliphatic carbocycles. The number of rotatable bonds is 4. The summed E-state index contributed by atoms with van der Waals surface area (Å²) in [5.41, 5.74) is 10.4. The fourth-order valence-corrected chi connectivity index (χ4v) is 2.44. The summed E-state index contributed by atoms with van der Waals surface area (Å²) < 4.78 is 7.05. The maximum absolute atomic E-state index is 5.87. The van der Waals surface area contributed by atoms with Crippen molar-refractivity contribution in [2.45, 2.75) is 19.8 Å². The first-order valence-electron chi connectivity index (χ1n) is 7.55. The number of anilines is 1. The molecule has 5 heteroatoms. The van der Waals surface area contributed by atoms with Crippen molar-refractivity contribution in [1.82, 2.24) is 15.0 Å². The molecule has 0 saturated carbocycles. The monoisotopic (exact) mass is 308 g/mol. The number of nitrogens with zero attached hydrogens (tertiary/aromatic N) is 3. The first kappa shape index (κ1) is 15.1. The van der Waals surface area contributed by atoms with Gasteiger partial charge in [0.15, 0.2) is 0 Å². The third kappa shape index (κ3) is 3.04. The highest BCUT2D eigenvalue weighted by Crippen LogP contribution is 2.26. The van der Waals surface area contributed by atoms with Gasteiger partial charge in [-0.15, -0.1) is 5.10 Å². The van der Waals surface area contributed by atoms with Gasteiger partial charge in [-0.05, 0) is 29.7 Å². The average molecular weight is 308 g/mol. The highest BCUT2D eigenvalue weighted by molar-refractivity contribution is 5.61. The molecule has 0 fully saturated rings. The predicted octanol–water partition coefficient (Wildman–Crippen LogP) is 3.65. The Labute approximate surface area is 135 Å². The van der Waals surface area contributed by atoms with Crippen LogP contribution in [0.15, 0.2) is 48.7 Å². The molecule has 0 radical (unpaired) electrons. The van der Waals surface area contributed by atoms with Crippen LogP contribution in [0.1, 0.15) is 25.3 Å².